The first kappa shape index (κ1) is 15.5. The first-order valence-electron chi connectivity index (χ1n) is 6.61. The summed E-state index contributed by atoms with van der Waals surface area (Å²) in [6, 6.07) is 8.67. The van der Waals surface area contributed by atoms with Gasteiger partial charge in [0.25, 0.3) is 0 Å². The quantitative estimate of drug-likeness (QED) is 0.741. The van der Waals surface area contributed by atoms with Crippen molar-refractivity contribution in [3.63, 3.8) is 0 Å². The molecule has 0 unspecified atom stereocenters. The van der Waals surface area contributed by atoms with Gasteiger partial charge in [-0.15, -0.1) is 0 Å². The minimum atomic E-state index is -0.477. The third-order valence-corrected chi connectivity index (χ3v) is 3.64. The zero-order chi connectivity index (χ0) is 15.8. The van der Waals surface area contributed by atoms with Crippen LogP contribution in [0.25, 0.3) is 11.3 Å². The SMILES string of the molecule is Cc1nc(-c2ccc(Cl)c(F)c2)cc(C(C)(C)C)c1C#N. The van der Waals surface area contributed by atoms with Crippen LogP contribution in [0.2, 0.25) is 5.02 Å². The van der Waals surface area contributed by atoms with Gasteiger partial charge in [0, 0.05) is 5.56 Å². The maximum Gasteiger partial charge on any atom is 0.142 e. The van der Waals surface area contributed by atoms with Gasteiger partial charge in [0.15, 0.2) is 0 Å². The van der Waals surface area contributed by atoms with E-state index >= 15 is 0 Å². The van der Waals surface area contributed by atoms with Gasteiger partial charge in [-0.2, -0.15) is 5.26 Å². The molecule has 2 aromatic rings. The lowest BCUT2D eigenvalue weighted by Crippen LogP contribution is -2.15. The van der Waals surface area contributed by atoms with Crippen molar-refractivity contribution < 1.29 is 4.39 Å². The van der Waals surface area contributed by atoms with Crippen molar-refractivity contribution in [1.29, 1.82) is 5.26 Å². The summed E-state index contributed by atoms with van der Waals surface area (Å²) in [5.41, 5.74) is 3.24. The van der Waals surface area contributed by atoms with Gasteiger partial charge < -0.3 is 0 Å². The molecule has 0 spiro atoms. The van der Waals surface area contributed by atoms with Crippen LogP contribution in [0.4, 0.5) is 4.39 Å². The molecule has 0 amide bonds. The summed E-state index contributed by atoms with van der Waals surface area (Å²) in [6.07, 6.45) is 0. The van der Waals surface area contributed by atoms with E-state index in [1.165, 1.54) is 12.1 Å². The molecule has 108 valence electrons. The van der Waals surface area contributed by atoms with E-state index in [-0.39, 0.29) is 10.4 Å². The average Bonchev–Trinajstić information content (AvgIpc) is 2.40. The molecule has 0 fully saturated rings. The summed E-state index contributed by atoms with van der Waals surface area (Å²) >= 11 is 5.71. The van der Waals surface area contributed by atoms with Crippen molar-refractivity contribution in [2.24, 2.45) is 0 Å². The molecule has 0 atom stereocenters. The summed E-state index contributed by atoms with van der Waals surface area (Å²) in [7, 11) is 0. The van der Waals surface area contributed by atoms with Crippen molar-refractivity contribution in [2.45, 2.75) is 33.1 Å². The lowest BCUT2D eigenvalue weighted by Gasteiger charge is -2.22. The van der Waals surface area contributed by atoms with Gasteiger partial charge in [-0.05, 0) is 36.1 Å². The molecule has 2 nitrogen and oxygen atoms in total. The maximum atomic E-state index is 13.6. The van der Waals surface area contributed by atoms with Gasteiger partial charge in [0.1, 0.15) is 11.9 Å². The van der Waals surface area contributed by atoms with Crippen LogP contribution in [-0.4, -0.2) is 4.98 Å². The van der Waals surface area contributed by atoms with Crippen molar-refractivity contribution in [2.75, 3.05) is 0 Å². The Morgan fingerprint density at radius 2 is 1.90 bits per heavy atom. The van der Waals surface area contributed by atoms with Crippen molar-refractivity contribution in [1.82, 2.24) is 4.98 Å². The van der Waals surface area contributed by atoms with E-state index < -0.39 is 5.82 Å². The molecule has 0 N–H and O–H groups in total. The number of aryl methyl sites for hydroxylation is 1. The van der Waals surface area contributed by atoms with Crippen LogP contribution in [-0.2, 0) is 5.41 Å². The zero-order valence-corrected chi connectivity index (χ0v) is 13.2. The van der Waals surface area contributed by atoms with Crippen LogP contribution in [0.15, 0.2) is 24.3 Å². The van der Waals surface area contributed by atoms with E-state index in [1.807, 2.05) is 26.8 Å². The Balaban J connectivity index is 2.69. The van der Waals surface area contributed by atoms with Crippen molar-refractivity contribution in [3.8, 4) is 17.3 Å². The van der Waals surface area contributed by atoms with E-state index in [0.717, 1.165) is 5.56 Å². The second-order valence-corrected chi connectivity index (χ2v) is 6.41. The summed E-state index contributed by atoms with van der Waals surface area (Å²) in [5.74, 6) is -0.477. The molecule has 1 aromatic heterocycles. The minimum absolute atomic E-state index is 0.0835. The van der Waals surface area contributed by atoms with Crippen LogP contribution in [0.5, 0.6) is 0 Å². The van der Waals surface area contributed by atoms with Crippen LogP contribution < -0.4 is 0 Å². The number of benzene rings is 1. The van der Waals surface area contributed by atoms with Gasteiger partial charge in [0.2, 0.25) is 0 Å². The molecule has 0 saturated carbocycles. The zero-order valence-electron chi connectivity index (χ0n) is 12.5. The third-order valence-electron chi connectivity index (χ3n) is 3.34. The lowest BCUT2D eigenvalue weighted by molar-refractivity contribution is 0.587. The fourth-order valence-electron chi connectivity index (χ4n) is 2.21. The highest BCUT2D eigenvalue weighted by Gasteiger charge is 2.21. The van der Waals surface area contributed by atoms with E-state index in [1.54, 1.807) is 13.0 Å². The van der Waals surface area contributed by atoms with E-state index in [0.29, 0.717) is 22.5 Å². The van der Waals surface area contributed by atoms with E-state index in [9.17, 15) is 9.65 Å². The van der Waals surface area contributed by atoms with Gasteiger partial charge >= 0.3 is 0 Å². The van der Waals surface area contributed by atoms with Crippen molar-refractivity contribution in [3.05, 3.63) is 51.9 Å². The number of rotatable bonds is 1. The second-order valence-electron chi connectivity index (χ2n) is 6.01. The number of hydrogen-bond acceptors (Lipinski definition) is 2. The highest BCUT2D eigenvalue weighted by molar-refractivity contribution is 6.30. The molecule has 2 rings (SSSR count). The standard InChI is InChI=1S/C17H16ClFN2/c1-10-12(9-20)13(17(2,3)4)8-16(21-10)11-5-6-14(18)15(19)7-11/h5-8H,1-4H3. The fourth-order valence-corrected chi connectivity index (χ4v) is 2.33. The molecule has 4 heteroatoms. The number of nitrogens with zero attached hydrogens (tertiary/aromatic N) is 2. The van der Waals surface area contributed by atoms with E-state index in [2.05, 4.69) is 11.1 Å². The van der Waals surface area contributed by atoms with Crippen molar-refractivity contribution >= 4 is 11.6 Å². The highest BCUT2D eigenvalue weighted by Crippen LogP contribution is 2.31. The van der Waals surface area contributed by atoms with Gasteiger partial charge in [-0.1, -0.05) is 38.4 Å². The summed E-state index contributed by atoms with van der Waals surface area (Å²) in [4.78, 5) is 4.43. The Kier molecular flexibility index (Phi) is 4.02. The lowest BCUT2D eigenvalue weighted by atomic mass is 9.83. The number of pyridine rings is 1. The van der Waals surface area contributed by atoms with Gasteiger partial charge in [-0.3, -0.25) is 4.98 Å². The molecule has 0 aliphatic rings. The first-order chi connectivity index (χ1) is 9.74. The Morgan fingerprint density at radius 1 is 1.24 bits per heavy atom. The number of aromatic nitrogens is 1. The monoisotopic (exact) mass is 302 g/mol. The molecule has 1 aromatic carbocycles. The molecule has 0 radical (unpaired) electrons. The van der Waals surface area contributed by atoms with Crippen LogP contribution in [0, 0.1) is 24.1 Å². The Morgan fingerprint density at radius 3 is 2.43 bits per heavy atom. The Bertz CT molecular complexity index is 740. The van der Waals surface area contributed by atoms with Gasteiger partial charge in [-0.25, -0.2) is 4.39 Å². The molecular formula is C17H16ClFN2. The smallest absolute Gasteiger partial charge is 0.142 e. The third kappa shape index (κ3) is 3.06. The summed E-state index contributed by atoms with van der Waals surface area (Å²) < 4.78 is 13.6. The predicted octanol–water partition coefficient (Wildman–Crippen LogP) is 5.02. The number of hydrogen-bond donors (Lipinski definition) is 0. The largest absolute Gasteiger partial charge is 0.252 e. The van der Waals surface area contributed by atoms with Crippen LogP contribution >= 0.6 is 11.6 Å². The first-order valence-corrected chi connectivity index (χ1v) is 6.99. The number of halogens is 2. The molecule has 1 heterocycles. The van der Waals surface area contributed by atoms with Gasteiger partial charge in [0.05, 0.1) is 22.0 Å². The molecule has 21 heavy (non-hydrogen) atoms. The topological polar surface area (TPSA) is 36.7 Å². The minimum Gasteiger partial charge on any atom is -0.252 e. The normalized spacial score (nSPS) is 11.3. The summed E-state index contributed by atoms with van der Waals surface area (Å²) in [6.45, 7) is 7.90. The van der Waals surface area contributed by atoms with Crippen LogP contribution in [0.3, 0.4) is 0 Å². The average molecular weight is 303 g/mol. The summed E-state index contributed by atoms with van der Waals surface area (Å²) in [5, 5.41) is 9.42. The molecular weight excluding hydrogens is 287 g/mol. The molecule has 0 saturated heterocycles. The fraction of sp³-hybridized carbons (Fsp3) is 0.294. The second kappa shape index (κ2) is 5.46. The maximum absolute atomic E-state index is 13.6. The predicted molar refractivity (Wildman–Crippen MR) is 82.8 cm³/mol. The Hall–Kier alpha value is -1.92. The molecule has 0 aliphatic carbocycles. The Labute approximate surface area is 129 Å². The molecule has 0 bridgehead atoms. The van der Waals surface area contributed by atoms with Crippen LogP contribution in [0.1, 0.15) is 37.6 Å². The van der Waals surface area contributed by atoms with E-state index in [4.69, 9.17) is 11.6 Å². The molecule has 0 aliphatic heterocycles. The number of nitriles is 1. The highest BCUT2D eigenvalue weighted by atomic mass is 35.5.